The largest absolute Gasteiger partial charge is 0.469 e. The molecular weight excluding hydrogens is 326 g/mol. The van der Waals surface area contributed by atoms with Crippen molar-refractivity contribution >= 4 is 17.6 Å². The molecule has 1 aromatic carbocycles. The first-order valence-electron chi connectivity index (χ1n) is 9.78. The number of ether oxygens (including phenoxy) is 1. The third-order valence-electron chi connectivity index (χ3n) is 7.25. The highest BCUT2D eigenvalue weighted by Gasteiger charge is 2.56. The zero-order chi connectivity index (χ0) is 17.9. The topological polar surface area (TPSA) is 46.6 Å². The van der Waals surface area contributed by atoms with E-state index in [1.165, 1.54) is 20.0 Å². The van der Waals surface area contributed by atoms with Gasteiger partial charge in [0.15, 0.2) is 0 Å². The molecule has 136 valence electrons. The number of rotatable bonds is 2. The van der Waals surface area contributed by atoms with E-state index in [9.17, 15) is 9.59 Å². The highest BCUT2D eigenvalue weighted by atomic mass is 16.5. The van der Waals surface area contributed by atoms with Crippen molar-refractivity contribution in [1.82, 2.24) is 0 Å². The van der Waals surface area contributed by atoms with Gasteiger partial charge in [0, 0.05) is 12.2 Å². The summed E-state index contributed by atoms with van der Waals surface area (Å²) in [7, 11) is 1.43. The molecule has 26 heavy (non-hydrogen) atoms. The summed E-state index contributed by atoms with van der Waals surface area (Å²) in [5.74, 6) is 1.05. The van der Waals surface area contributed by atoms with E-state index in [0.717, 1.165) is 30.5 Å². The molecule has 4 heteroatoms. The smallest absolute Gasteiger partial charge is 0.310 e. The minimum absolute atomic E-state index is 0.219. The Hall–Kier alpha value is -2.10. The molecule has 0 radical (unpaired) electrons. The number of para-hydroxylation sites is 1. The molecule has 4 nitrogen and oxygen atoms in total. The summed E-state index contributed by atoms with van der Waals surface area (Å²) in [5.41, 5.74) is 3.40. The Bertz CT molecular complexity index is 813. The van der Waals surface area contributed by atoms with Crippen LogP contribution in [0, 0.1) is 23.2 Å². The van der Waals surface area contributed by atoms with Gasteiger partial charge in [-0.15, -0.1) is 0 Å². The molecule has 4 atom stereocenters. The van der Waals surface area contributed by atoms with Crippen LogP contribution in [-0.2, 0) is 20.7 Å². The Labute approximate surface area is 154 Å². The minimum Gasteiger partial charge on any atom is -0.469 e. The number of anilines is 1. The maximum atomic E-state index is 13.8. The molecule has 3 aliphatic carbocycles. The number of benzene rings is 1. The molecule has 0 spiro atoms. The Balaban J connectivity index is 1.51. The maximum Gasteiger partial charge on any atom is 0.310 e. The number of esters is 1. The first-order valence-corrected chi connectivity index (χ1v) is 9.78. The fraction of sp³-hybridized carbons (Fsp3) is 0.545. The lowest BCUT2D eigenvalue weighted by molar-refractivity contribution is -0.145. The van der Waals surface area contributed by atoms with Crippen LogP contribution < -0.4 is 4.90 Å². The van der Waals surface area contributed by atoms with E-state index in [-0.39, 0.29) is 23.2 Å². The van der Waals surface area contributed by atoms with Gasteiger partial charge in [-0.3, -0.25) is 9.59 Å². The normalized spacial score (nSPS) is 34.3. The third-order valence-corrected chi connectivity index (χ3v) is 7.25. The van der Waals surface area contributed by atoms with Crippen molar-refractivity contribution in [3.05, 3.63) is 41.5 Å². The molecule has 0 saturated heterocycles. The van der Waals surface area contributed by atoms with Gasteiger partial charge >= 0.3 is 5.97 Å². The second kappa shape index (κ2) is 5.70. The molecule has 4 aliphatic rings. The predicted octanol–water partition coefficient (Wildman–Crippen LogP) is 3.50. The van der Waals surface area contributed by atoms with E-state index in [2.05, 4.69) is 6.08 Å². The molecule has 1 heterocycles. The Morgan fingerprint density at radius 3 is 2.92 bits per heavy atom. The van der Waals surface area contributed by atoms with Gasteiger partial charge in [0.1, 0.15) is 0 Å². The van der Waals surface area contributed by atoms with Gasteiger partial charge < -0.3 is 9.64 Å². The summed E-state index contributed by atoms with van der Waals surface area (Å²) in [4.78, 5) is 27.9. The number of methoxy groups -OCH3 is 1. The lowest BCUT2D eigenvalue weighted by atomic mass is 9.74. The standard InChI is InChI=1S/C22H25NO3/c1-26-20(24)17-10-15-4-2-3-5-19(15)23(13-17)21(25)22-9-8-14-6-7-16(11-22)18(14)12-22/h2-5,8,16-18H,6-7,9-13H2,1H3. The molecule has 1 aromatic rings. The van der Waals surface area contributed by atoms with Gasteiger partial charge in [-0.1, -0.05) is 29.8 Å². The average Bonchev–Trinajstić information content (AvgIpc) is 3.19. The van der Waals surface area contributed by atoms with Crippen LogP contribution in [0.2, 0.25) is 0 Å². The summed E-state index contributed by atoms with van der Waals surface area (Å²) >= 11 is 0. The van der Waals surface area contributed by atoms with Crippen molar-refractivity contribution in [2.75, 3.05) is 18.6 Å². The SMILES string of the molecule is COC(=O)C1Cc2ccccc2N(C(=O)C23CC=C4CCC(C2)C4C3)C1. The van der Waals surface area contributed by atoms with Gasteiger partial charge in [-0.05, 0) is 62.0 Å². The van der Waals surface area contributed by atoms with Crippen LogP contribution in [0.15, 0.2) is 35.9 Å². The summed E-state index contributed by atoms with van der Waals surface area (Å²) in [6.07, 6.45) is 8.36. The highest BCUT2D eigenvalue weighted by molar-refractivity contribution is 6.00. The van der Waals surface area contributed by atoms with Crippen molar-refractivity contribution in [3.8, 4) is 0 Å². The van der Waals surface area contributed by atoms with E-state index in [0.29, 0.717) is 24.8 Å². The summed E-state index contributed by atoms with van der Waals surface area (Å²) in [6.45, 7) is 0.441. The molecular formula is C22H25NO3. The van der Waals surface area contributed by atoms with Gasteiger partial charge in [-0.2, -0.15) is 0 Å². The van der Waals surface area contributed by atoms with E-state index < -0.39 is 0 Å². The predicted molar refractivity (Wildman–Crippen MR) is 98.6 cm³/mol. The molecule has 0 N–H and O–H groups in total. The van der Waals surface area contributed by atoms with E-state index in [4.69, 9.17) is 4.74 Å². The second-order valence-corrected chi connectivity index (χ2v) is 8.55. The Morgan fingerprint density at radius 2 is 2.08 bits per heavy atom. The zero-order valence-corrected chi connectivity index (χ0v) is 15.2. The average molecular weight is 351 g/mol. The number of nitrogens with zero attached hydrogens (tertiary/aromatic N) is 1. The fourth-order valence-electron chi connectivity index (χ4n) is 6.00. The quantitative estimate of drug-likeness (QED) is 0.605. The van der Waals surface area contributed by atoms with Crippen LogP contribution in [-0.4, -0.2) is 25.5 Å². The Morgan fingerprint density at radius 1 is 1.23 bits per heavy atom. The van der Waals surface area contributed by atoms with Gasteiger partial charge in [0.05, 0.1) is 18.4 Å². The number of amides is 1. The van der Waals surface area contributed by atoms with Gasteiger partial charge in [-0.25, -0.2) is 0 Å². The highest BCUT2D eigenvalue weighted by Crippen LogP contribution is 2.61. The number of hydrogen-bond donors (Lipinski definition) is 0. The van der Waals surface area contributed by atoms with Crippen molar-refractivity contribution in [1.29, 1.82) is 0 Å². The van der Waals surface area contributed by atoms with Crippen molar-refractivity contribution in [2.45, 2.75) is 38.5 Å². The molecule has 0 aromatic heterocycles. The van der Waals surface area contributed by atoms with Gasteiger partial charge in [0.2, 0.25) is 5.91 Å². The molecule has 1 amide bonds. The summed E-state index contributed by atoms with van der Waals surface area (Å²) < 4.78 is 4.99. The van der Waals surface area contributed by atoms with Gasteiger partial charge in [0.25, 0.3) is 0 Å². The molecule has 4 unspecified atom stereocenters. The molecule has 2 saturated carbocycles. The fourth-order valence-corrected chi connectivity index (χ4v) is 6.00. The van der Waals surface area contributed by atoms with Crippen molar-refractivity contribution in [2.24, 2.45) is 23.2 Å². The van der Waals surface area contributed by atoms with Crippen LogP contribution >= 0.6 is 0 Å². The van der Waals surface area contributed by atoms with Crippen molar-refractivity contribution in [3.63, 3.8) is 0 Å². The Kier molecular flexibility index (Phi) is 3.53. The lowest BCUT2D eigenvalue weighted by Gasteiger charge is -2.40. The second-order valence-electron chi connectivity index (χ2n) is 8.55. The number of carbonyl (C=O) groups excluding carboxylic acids is 2. The lowest BCUT2D eigenvalue weighted by Crippen LogP contribution is -2.49. The molecule has 2 fully saturated rings. The van der Waals surface area contributed by atoms with Crippen LogP contribution in [0.4, 0.5) is 5.69 Å². The maximum absolute atomic E-state index is 13.8. The van der Waals surface area contributed by atoms with E-state index >= 15 is 0 Å². The number of hydrogen-bond acceptors (Lipinski definition) is 3. The number of fused-ring (bicyclic) bond motifs is 2. The van der Waals surface area contributed by atoms with Crippen LogP contribution in [0.1, 0.15) is 37.7 Å². The number of allylic oxidation sites excluding steroid dienone is 2. The van der Waals surface area contributed by atoms with Crippen LogP contribution in [0.3, 0.4) is 0 Å². The summed E-state index contributed by atoms with van der Waals surface area (Å²) in [6, 6.07) is 8.02. The first kappa shape index (κ1) is 16.1. The molecule has 1 aliphatic heterocycles. The first-order chi connectivity index (χ1) is 12.6. The molecule has 5 rings (SSSR count). The zero-order valence-electron chi connectivity index (χ0n) is 15.2. The van der Waals surface area contributed by atoms with Crippen LogP contribution in [0.25, 0.3) is 0 Å². The third kappa shape index (κ3) is 2.20. The molecule has 2 bridgehead atoms. The van der Waals surface area contributed by atoms with Crippen molar-refractivity contribution < 1.29 is 14.3 Å². The van der Waals surface area contributed by atoms with Crippen LogP contribution in [0.5, 0.6) is 0 Å². The van der Waals surface area contributed by atoms with E-state index in [1.54, 1.807) is 5.57 Å². The minimum atomic E-state index is -0.272. The number of carbonyl (C=O) groups is 2. The van der Waals surface area contributed by atoms with E-state index in [1.807, 2.05) is 29.2 Å². The monoisotopic (exact) mass is 351 g/mol. The summed E-state index contributed by atoms with van der Waals surface area (Å²) in [5, 5.41) is 0.